The maximum Gasteiger partial charge on any atom is 0.146 e. The van der Waals surface area contributed by atoms with E-state index in [1.165, 1.54) is 0 Å². The van der Waals surface area contributed by atoms with E-state index >= 15 is 0 Å². The lowest BCUT2D eigenvalue weighted by Crippen LogP contribution is -2.35. The van der Waals surface area contributed by atoms with Crippen molar-refractivity contribution in [1.82, 2.24) is 15.5 Å². The molecular formula is C11H19N3OS. The number of nitrogens with zero attached hydrogens (tertiary/aromatic N) is 2. The molecule has 0 aliphatic carbocycles. The molecule has 0 bridgehead atoms. The Morgan fingerprint density at radius 1 is 1.44 bits per heavy atom. The summed E-state index contributed by atoms with van der Waals surface area (Å²) in [5, 5.41) is 13.9. The van der Waals surface area contributed by atoms with E-state index in [9.17, 15) is 0 Å². The lowest BCUT2D eigenvalue weighted by Gasteiger charge is -2.19. The van der Waals surface area contributed by atoms with E-state index in [1.54, 1.807) is 11.3 Å². The smallest absolute Gasteiger partial charge is 0.146 e. The van der Waals surface area contributed by atoms with Gasteiger partial charge in [0.25, 0.3) is 0 Å². The Hall–Kier alpha value is -0.520. The van der Waals surface area contributed by atoms with Crippen molar-refractivity contribution in [2.24, 2.45) is 0 Å². The molecule has 1 atom stereocenters. The Kier molecular flexibility index (Phi) is 3.56. The van der Waals surface area contributed by atoms with Crippen LogP contribution in [0.3, 0.4) is 0 Å². The summed E-state index contributed by atoms with van der Waals surface area (Å²) in [7, 11) is 0. The second kappa shape index (κ2) is 4.77. The Labute approximate surface area is 100 Å². The van der Waals surface area contributed by atoms with Gasteiger partial charge in [0.05, 0.1) is 6.54 Å². The summed E-state index contributed by atoms with van der Waals surface area (Å²) in [6.07, 6.45) is 2.42. The van der Waals surface area contributed by atoms with E-state index < -0.39 is 0 Å². The predicted octanol–water partition coefficient (Wildman–Crippen LogP) is 2.28. The molecule has 0 radical (unpaired) electrons. The highest BCUT2D eigenvalue weighted by molar-refractivity contribution is 7.11. The van der Waals surface area contributed by atoms with Gasteiger partial charge in [-0.3, -0.25) is 0 Å². The number of aromatic nitrogens is 2. The van der Waals surface area contributed by atoms with Crippen LogP contribution in [-0.2, 0) is 11.3 Å². The molecule has 1 unspecified atom stereocenters. The molecule has 0 spiro atoms. The molecule has 4 nitrogen and oxygen atoms in total. The summed E-state index contributed by atoms with van der Waals surface area (Å²) in [4.78, 5) is 0. The number of ether oxygens (including phenoxy) is 1. The maximum atomic E-state index is 5.59. The molecule has 16 heavy (non-hydrogen) atoms. The van der Waals surface area contributed by atoms with Gasteiger partial charge in [-0.2, -0.15) is 0 Å². The molecule has 2 heterocycles. The molecule has 1 fully saturated rings. The van der Waals surface area contributed by atoms with Crippen LogP contribution >= 0.6 is 11.3 Å². The average Bonchev–Trinajstić information content (AvgIpc) is 2.84. The van der Waals surface area contributed by atoms with Gasteiger partial charge in [-0.1, -0.05) is 11.3 Å². The van der Waals surface area contributed by atoms with Gasteiger partial charge in [-0.05, 0) is 33.6 Å². The first kappa shape index (κ1) is 12.0. The Bertz CT molecular complexity index is 339. The standard InChI is InChI=1S/C11H19N3OS/c1-11(2,3)12-7-9-13-14-10(16-9)8-5-4-6-15-8/h8,12H,4-7H2,1-3H3. The monoisotopic (exact) mass is 241 g/mol. The van der Waals surface area contributed by atoms with Crippen molar-refractivity contribution in [1.29, 1.82) is 0 Å². The molecule has 2 rings (SSSR count). The zero-order valence-electron chi connectivity index (χ0n) is 10.1. The minimum atomic E-state index is 0.121. The van der Waals surface area contributed by atoms with Gasteiger partial charge in [-0.15, -0.1) is 10.2 Å². The number of rotatable bonds is 3. The van der Waals surface area contributed by atoms with Gasteiger partial charge in [-0.25, -0.2) is 0 Å². The largest absolute Gasteiger partial charge is 0.371 e. The molecular weight excluding hydrogens is 222 g/mol. The second-order valence-electron chi connectivity index (χ2n) is 5.14. The summed E-state index contributed by atoms with van der Waals surface area (Å²) in [5.74, 6) is 0. The van der Waals surface area contributed by atoms with Crippen LogP contribution in [0.25, 0.3) is 0 Å². The topological polar surface area (TPSA) is 47.0 Å². The fourth-order valence-electron chi connectivity index (χ4n) is 1.58. The fourth-order valence-corrected chi connectivity index (χ4v) is 2.45. The first-order chi connectivity index (χ1) is 7.54. The molecule has 0 saturated carbocycles. The van der Waals surface area contributed by atoms with E-state index in [-0.39, 0.29) is 11.6 Å². The van der Waals surface area contributed by atoms with E-state index in [0.717, 1.165) is 36.0 Å². The molecule has 1 aliphatic rings. The molecule has 1 aliphatic heterocycles. The molecule has 1 aromatic rings. The third kappa shape index (κ3) is 3.23. The van der Waals surface area contributed by atoms with E-state index in [4.69, 9.17) is 4.74 Å². The second-order valence-corrected chi connectivity index (χ2v) is 6.23. The number of nitrogens with one attached hydrogen (secondary N) is 1. The van der Waals surface area contributed by atoms with Crippen molar-refractivity contribution in [2.75, 3.05) is 6.61 Å². The molecule has 0 aromatic carbocycles. The van der Waals surface area contributed by atoms with Gasteiger partial charge in [0.1, 0.15) is 16.1 Å². The number of hydrogen-bond acceptors (Lipinski definition) is 5. The lowest BCUT2D eigenvalue weighted by atomic mass is 10.1. The van der Waals surface area contributed by atoms with Gasteiger partial charge in [0.15, 0.2) is 0 Å². The average molecular weight is 241 g/mol. The predicted molar refractivity (Wildman–Crippen MR) is 64.4 cm³/mol. The van der Waals surface area contributed by atoms with Crippen LogP contribution in [0.1, 0.15) is 49.7 Å². The summed E-state index contributed by atoms with van der Waals surface area (Å²) in [6.45, 7) is 8.09. The molecule has 1 saturated heterocycles. The first-order valence-electron chi connectivity index (χ1n) is 5.73. The first-order valence-corrected chi connectivity index (χ1v) is 6.55. The van der Waals surface area contributed by atoms with Gasteiger partial charge in [0.2, 0.25) is 0 Å². The molecule has 90 valence electrons. The highest BCUT2D eigenvalue weighted by Crippen LogP contribution is 2.30. The Morgan fingerprint density at radius 3 is 2.88 bits per heavy atom. The third-order valence-corrected chi connectivity index (χ3v) is 3.47. The van der Waals surface area contributed by atoms with Crippen LogP contribution in [0, 0.1) is 0 Å². The minimum Gasteiger partial charge on any atom is -0.371 e. The SMILES string of the molecule is CC(C)(C)NCc1nnc(C2CCCO2)s1. The quantitative estimate of drug-likeness (QED) is 0.882. The summed E-state index contributed by atoms with van der Waals surface area (Å²) < 4.78 is 5.59. The van der Waals surface area contributed by atoms with Crippen LogP contribution in [-0.4, -0.2) is 22.3 Å². The minimum absolute atomic E-state index is 0.121. The Balaban J connectivity index is 1.91. The van der Waals surface area contributed by atoms with E-state index in [0.29, 0.717) is 0 Å². The molecule has 0 amide bonds. The summed E-state index contributed by atoms with van der Waals surface area (Å²) in [6, 6.07) is 0. The lowest BCUT2D eigenvalue weighted by molar-refractivity contribution is 0.111. The third-order valence-electron chi connectivity index (χ3n) is 2.46. The van der Waals surface area contributed by atoms with E-state index in [1.807, 2.05) is 0 Å². The Morgan fingerprint density at radius 2 is 2.25 bits per heavy atom. The van der Waals surface area contributed by atoms with Gasteiger partial charge < -0.3 is 10.1 Å². The van der Waals surface area contributed by atoms with Crippen molar-refractivity contribution in [3.63, 3.8) is 0 Å². The van der Waals surface area contributed by atoms with Crippen molar-refractivity contribution >= 4 is 11.3 Å². The maximum absolute atomic E-state index is 5.59. The molecule has 1 N–H and O–H groups in total. The van der Waals surface area contributed by atoms with Crippen molar-refractivity contribution in [3.05, 3.63) is 10.0 Å². The zero-order valence-corrected chi connectivity index (χ0v) is 10.9. The van der Waals surface area contributed by atoms with Crippen LogP contribution in [0.15, 0.2) is 0 Å². The molecule has 5 heteroatoms. The van der Waals surface area contributed by atoms with Crippen molar-refractivity contribution in [3.8, 4) is 0 Å². The van der Waals surface area contributed by atoms with Crippen LogP contribution in [0.4, 0.5) is 0 Å². The van der Waals surface area contributed by atoms with Crippen LogP contribution < -0.4 is 5.32 Å². The van der Waals surface area contributed by atoms with E-state index in [2.05, 4.69) is 36.3 Å². The van der Waals surface area contributed by atoms with Gasteiger partial charge in [0, 0.05) is 12.1 Å². The molecule has 1 aromatic heterocycles. The fraction of sp³-hybridized carbons (Fsp3) is 0.818. The van der Waals surface area contributed by atoms with Crippen molar-refractivity contribution in [2.45, 2.75) is 51.8 Å². The highest BCUT2D eigenvalue weighted by atomic mass is 32.1. The van der Waals surface area contributed by atoms with Crippen LogP contribution in [0.5, 0.6) is 0 Å². The normalized spacial score (nSPS) is 21.6. The zero-order chi connectivity index (χ0) is 11.6. The number of hydrogen-bond donors (Lipinski definition) is 1. The van der Waals surface area contributed by atoms with Crippen molar-refractivity contribution < 1.29 is 4.74 Å². The summed E-state index contributed by atoms with van der Waals surface area (Å²) >= 11 is 1.66. The highest BCUT2D eigenvalue weighted by Gasteiger charge is 2.22. The summed E-state index contributed by atoms with van der Waals surface area (Å²) in [5.41, 5.74) is 0.121. The van der Waals surface area contributed by atoms with Gasteiger partial charge >= 0.3 is 0 Å². The van der Waals surface area contributed by atoms with Crippen LogP contribution in [0.2, 0.25) is 0 Å².